The molecule has 1 unspecified atom stereocenters. The minimum atomic E-state index is -0.452. The molecule has 0 aliphatic rings. The number of hydrogen-bond donors (Lipinski definition) is 2. The maximum absolute atomic E-state index is 13.1. The van der Waals surface area contributed by atoms with Crippen molar-refractivity contribution in [2.45, 2.75) is 39.3 Å². The number of ether oxygens (including phenoxy) is 1. The van der Waals surface area contributed by atoms with Gasteiger partial charge in [0.1, 0.15) is 5.82 Å². The number of hydrogen-bond acceptors (Lipinski definition) is 3. The van der Waals surface area contributed by atoms with Crippen LogP contribution in [-0.4, -0.2) is 12.2 Å². The summed E-state index contributed by atoms with van der Waals surface area (Å²) in [7, 11) is 0. The van der Waals surface area contributed by atoms with Crippen molar-refractivity contribution in [1.29, 1.82) is 0 Å². The van der Waals surface area contributed by atoms with E-state index >= 15 is 0 Å². The molecule has 96 valence electrons. The number of rotatable bonds is 5. The molecular formula is C13H21FN2O. The third kappa shape index (κ3) is 3.25. The lowest BCUT2D eigenvalue weighted by Gasteiger charge is -2.34. The Kier molecular flexibility index (Phi) is 4.62. The Labute approximate surface area is 102 Å². The Hall–Kier alpha value is -0.970. The normalized spacial score (nSPS) is 13.8. The van der Waals surface area contributed by atoms with Gasteiger partial charge in [0.15, 0.2) is 0 Å². The monoisotopic (exact) mass is 240 g/mol. The number of benzene rings is 1. The van der Waals surface area contributed by atoms with E-state index in [0.29, 0.717) is 6.61 Å². The molecule has 1 atom stereocenters. The van der Waals surface area contributed by atoms with Crippen molar-refractivity contribution in [1.82, 2.24) is 5.43 Å². The van der Waals surface area contributed by atoms with Crippen molar-refractivity contribution in [3.05, 3.63) is 35.1 Å². The number of aryl methyl sites for hydroxylation is 1. The molecule has 0 heterocycles. The molecule has 3 N–H and O–H groups in total. The predicted octanol–water partition coefficient (Wildman–Crippen LogP) is 2.45. The molecule has 0 fully saturated rings. The van der Waals surface area contributed by atoms with E-state index in [9.17, 15) is 4.39 Å². The average molecular weight is 240 g/mol. The lowest BCUT2D eigenvalue weighted by Crippen LogP contribution is -2.44. The molecule has 0 amide bonds. The lowest BCUT2D eigenvalue weighted by molar-refractivity contribution is -0.0394. The average Bonchev–Trinajstić information content (AvgIpc) is 2.21. The molecule has 0 radical (unpaired) electrons. The summed E-state index contributed by atoms with van der Waals surface area (Å²) in [6.07, 6.45) is 0. The summed E-state index contributed by atoms with van der Waals surface area (Å²) in [5, 5.41) is 0. The summed E-state index contributed by atoms with van der Waals surface area (Å²) in [6, 6.07) is 4.51. The summed E-state index contributed by atoms with van der Waals surface area (Å²) >= 11 is 0. The summed E-state index contributed by atoms with van der Waals surface area (Å²) in [6.45, 7) is 8.33. The predicted molar refractivity (Wildman–Crippen MR) is 66.9 cm³/mol. The van der Waals surface area contributed by atoms with Crippen molar-refractivity contribution in [3.63, 3.8) is 0 Å². The molecule has 17 heavy (non-hydrogen) atoms. The third-order valence-corrected chi connectivity index (χ3v) is 2.92. The zero-order valence-corrected chi connectivity index (χ0v) is 10.9. The summed E-state index contributed by atoms with van der Waals surface area (Å²) < 4.78 is 18.8. The number of halogens is 1. The second-order valence-corrected chi connectivity index (χ2v) is 4.64. The summed E-state index contributed by atoms with van der Waals surface area (Å²) in [5.41, 5.74) is 4.12. The first-order chi connectivity index (χ1) is 7.92. The van der Waals surface area contributed by atoms with E-state index in [2.05, 4.69) is 5.43 Å². The molecule has 1 aromatic carbocycles. The van der Waals surface area contributed by atoms with Crippen LogP contribution in [0.15, 0.2) is 18.2 Å². The van der Waals surface area contributed by atoms with Gasteiger partial charge in [0.05, 0.1) is 11.6 Å². The maximum atomic E-state index is 13.1. The molecule has 1 aromatic rings. The number of nitrogens with two attached hydrogens (primary N) is 1. The Bertz CT molecular complexity index is 380. The van der Waals surface area contributed by atoms with Crippen LogP contribution in [0.25, 0.3) is 0 Å². The van der Waals surface area contributed by atoms with Gasteiger partial charge in [0, 0.05) is 6.61 Å². The highest BCUT2D eigenvalue weighted by Crippen LogP contribution is 2.30. The van der Waals surface area contributed by atoms with Gasteiger partial charge in [-0.05, 0) is 51.0 Å². The lowest BCUT2D eigenvalue weighted by atomic mass is 9.89. The standard InChI is InChI=1S/C13H21FN2O/c1-5-17-13(3,4)12(16-15)11-7-6-10(14)8-9(11)2/h6-8,12,16H,5,15H2,1-4H3. The highest BCUT2D eigenvalue weighted by Gasteiger charge is 2.31. The van der Waals surface area contributed by atoms with Gasteiger partial charge in [-0.3, -0.25) is 11.3 Å². The van der Waals surface area contributed by atoms with Gasteiger partial charge in [0.2, 0.25) is 0 Å². The van der Waals surface area contributed by atoms with E-state index in [4.69, 9.17) is 10.6 Å². The summed E-state index contributed by atoms with van der Waals surface area (Å²) in [5.74, 6) is 5.36. The molecular weight excluding hydrogens is 219 g/mol. The van der Waals surface area contributed by atoms with Gasteiger partial charge in [-0.1, -0.05) is 6.07 Å². The first kappa shape index (κ1) is 14.1. The fourth-order valence-corrected chi connectivity index (χ4v) is 2.08. The van der Waals surface area contributed by atoms with Crippen LogP contribution in [0.3, 0.4) is 0 Å². The van der Waals surface area contributed by atoms with Crippen molar-refractivity contribution in [2.75, 3.05) is 6.61 Å². The fourth-order valence-electron chi connectivity index (χ4n) is 2.08. The van der Waals surface area contributed by atoms with Gasteiger partial charge in [-0.2, -0.15) is 0 Å². The van der Waals surface area contributed by atoms with Crippen LogP contribution < -0.4 is 11.3 Å². The van der Waals surface area contributed by atoms with Crippen LogP contribution in [0.4, 0.5) is 4.39 Å². The zero-order chi connectivity index (χ0) is 13.1. The topological polar surface area (TPSA) is 47.3 Å². The SMILES string of the molecule is CCOC(C)(C)C(NN)c1ccc(F)cc1C. The molecule has 0 saturated heterocycles. The molecule has 4 heteroatoms. The van der Waals surface area contributed by atoms with E-state index in [0.717, 1.165) is 11.1 Å². The van der Waals surface area contributed by atoms with Crippen LogP contribution in [0.2, 0.25) is 0 Å². The van der Waals surface area contributed by atoms with Crippen molar-refractivity contribution in [3.8, 4) is 0 Å². The van der Waals surface area contributed by atoms with Gasteiger partial charge >= 0.3 is 0 Å². The Morgan fingerprint density at radius 1 is 1.47 bits per heavy atom. The Morgan fingerprint density at radius 2 is 2.12 bits per heavy atom. The van der Waals surface area contributed by atoms with Crippen LogP contribution in [-0.2, 0) is 4.74 Å². The van der Waals surface area contributed by atoms with Crippen molar-refractivity contribution in [2.24, 2.45) is 5.84 Å². The largest absolute Gasteiger partial charge is 0.374 e. The molecule has 0 aliphatic carbocycles. The minimum absolute atomic E-state index is 0.178. The van der Waals surface area contributed by atoms with Crippen molar-refractivity contribution >= 4 is 0 Å². The fraction of sp³-hybridized carbons (Fsp3) is 0.538. The van der Waals surface area contributed by atoms with E-state index < -0.39 is 5.60 Å². The van der Waals surface area contributed by atoms with Crippen LogP contribution in [0.1, 0.15) is 37.9 Å². The smallest absolute Gasteiger partial charge is 0.123 e. The van der Waals surface area contributed by atoms with Crippen LogP contribution in [0, 0.1) is 12.7 Å². The van der Waals surface area contributed by atoms with Crippen molar-refractivity contribution < 1.29 is 9.13 Å². The van der Waals surface area contributed by atoms with Crippen LogP contribution in [0.5, 0.6) is 0 Å². The van der Waals surface area contributed by atoms with Gasteiger partial charge in [-0.15, -0.1) is 0 Å². The first-order valence-corrected chi connectivity index (χ1v) is 5.78. The Morgan fingerprint density at radius 3 is 2.59 bits per heavy atom. The van der Waals surface area contributed by atoms with Gasteiger partial charge < -0.3 is 4.74 Å². The van der Waals surface area contributed by atoms with E-state index in [1.807, 2.05) is 27.7 Å². The first-order valence-electron chi connectivity index (χ1n) is 5.78. The Balaban J connectivity index is 3.09. The maximum Gasteiger partial charge on any atom is 0.123 e. The van der Waals surface area contributed by atoms with Gasteiger partial charge in [-0.25, -0.2) is 4.39 Å². The number of hydrazine groups is 1. The summed E-state index contributed by atoms with van der Waals surface area (Å²) in [4.78, 5) is 0. The molecule has 0 bridgehead atoms. The zero-order valence-electron chi connectivity index (χ0n) is 10.9. The van der Waals surface area contributed by atoms with Gasteiger partial charge in [0.25, 0.3) is 0 Å². The van der Waals surface area contributed by atoms with E-state index in [1.54, 1.807) is 6.07 Å². The molecule has 1 rings (SSSR count). The highest BCUT2D eigenvalue weighted by molar-refractivity contribution is 5.31. The molecule has 0 spiro atoms. The van der Waals surface area contributed by atoms with Crippen LogP contribution >= 0.6 is 0 Å². The second kappa shape index (κ2) is 5.58. The quantitative estimate of drug-likeness (QED) is 0.614. The minimum Gasteiger partial charge on any atom is -0.374 e. The molecule has 0 saturated carbocycles. The molecule has 3 nitrogen and oxygen atoms in total. The third-order valence-electron chi connectivity index (χ3n) is 2.92. The van der Waals surface area contributed by atoms with E-state index in [-0.39, 0.29) is 11.9 Å². The molecule has 0 aliphatic heterocycles. The highest BCUT2D eigenvalue weighted by atomic mass is 19.1. The second-order valence-electron chi connectivity index (χ2n) is 4.64. The number of nitrogens with one attached hydrogen (secondary N) is 1. The molecule has 0 aromatic heterocycles. The van der Waals surface area contributed by atoms with E-state index in [1.165, 1.54) is 12.1 Å².